The number of fused-ring (bicyclic) bond motifs is 1. The van der Waals surface area contributed by atoms with Crippen molar-refractivity contribution >= 4 is 28.7 Å². The Bertz CT molecular complexity index is 604. The number of thiophene rings is 1. The number of carbonyl (C=O) groups excluding carboxylic acids is 1. The van der Waals surface area contributed by atoms with E-state index in [0.717, 1.165) is 32.5 Å². The standard InChI is InChI=1S/C14H11ClO2S/c15-14-4-2-11(18-14)8-12(16)9-1-3-13-10(7-9)5-6-17-13/h1-4,7H,5-6,8H2. The van der Waals surface area contributed by atoms with Crippen molar-refractivity contribution in [3.63, 3.8) is 0 Å². The Balaban J connectivity index is 1.80. The lowest BCUT2D eigenvalue weighted by atomic mass is 10.0. The maximum absolute atomic E-state index is 12.1. The zero-order valence-electron chi connectivity index (χ0n) is 9.61. The van der Waals surface area contributed by atoms with E-state index in [-0.39, 0.29) is 5.78 Å². The van der Waals surface area contributed by atoms with Crippen LogP contribution in [-0.4, -0.2) is 12.4 Å². The summed E-state index contributed by atoms with van der Waals surface area (Å²) in [6, 6.07) is 9.39. The molecule has 18 heavy (non-hydrogen) atoms. The molecule has 0 saturated carbocycles. The lowest BCUT2D eigenvalue weighted by Gasteiger charge is -2.02. The van der Waals surface area contributed by atoms with E-state index in [4.69, 9.17) is 16.3 Å². The van der Waals surface area contributed by atoms with E-state index in [2.05, 4.69) is 0 Å². The Labute approximate surface area is 114 Å². The topological polar surface area (TPSA) is 26.3 Å². The van der Waals surface area contributed by atoms with Gasteiger partial charge in [0.05, 0.1) is 10.9 Å². The van der Waals surface area contributed by atoms with E-state index < -0.39 is 0 Å². The largest absolute Gasteiger partial charge is 0.493 e. The van der Waals surface area contributed by atoms with Crippen molar-refractivity contribution in [1.29, 1.82) is 0 Å². The van der Waals surface area contributed by atoms with Gasteiger partial charge in [0.25, 0.3) is 0 Å². The predicted octanol–water partition coefficient (Wildman–Crippen LogP) is 3.76. The maximum atomic E-state index is 12.1. The molecule has 2 heterocycles. The van der Waals surface area contributed by atoms with Crippen LogP contribution in [0.2, 0.25) is 4.34 Å². The second kappa shape index (κ2) is 4.75. The van der Waals surface area contributed by atoms with Crippen molar-refractivity contribution in [3.05, 3.63) is 50.7 Å². The second-order valence-corrected chi connectivity index (χ2v) is 6.03. The minimum Gasteiger partial charge on any atom is -0.493 e. The third-order valence-electron chi connectivity index (χ3n) is 2.98. The number of ether oxygens (including phenoxy) is 1. The van der Waals surface area contributed by atoms with Gasteiger partial charge in [-0.05, 0) is 35.9 Å². The molecule has 3 rings (SSSR count). The summed E-state index contributed by atoms with van der Waals surface area (Å²) in [5.74, 6) is 1.04. The maximum Gasteiger partial charge on any atom is 0.168 e. The normalized spacial score (nSPS) is 13.2. The molecule has 0 unspecified atom stereocenters. The molecule has 0 saturated heterocycles. The molecule has 0 fully saturated rings. The fourth-order valence-corrected chi connectivity index (χ4v) is 3.15. The van der Waals surface area contributed by atoms with Gasteiger partial charge in [-0.25, -0.2) is 0 Å². The van der Waals surface area contributed by atoms with Crippen LogP contribution in [0.5, 0.6) is 5.75 Å². The number of benzene rings is 1. The van der Waals surface area contributed by atoms with Gasteiger partial charge in [0, 0.05) is 23.3 Å². The third-order valence-corrected chi connectivity index (χ3v) is 4.21. The van der Waals surface area contributed by atoms with Crippen LogP contribution in [0, 0.1) is 0 Å². The first-order chi connectivity index (χ1) is 8.72. The summed E-state index contributed by atoms with van der Waals surface area (Å²) in [5, 5.41) is 0. The fraction of sp³-hybridized carbons (Fsp3) is 0.214. The Morgan fingerprint density at radius 2 is 2.22 bits per heavy atom. The number of hydrogen-bond donors (Lipinski definition) is 0. The first kappa shape index (κ1) is 11.8. The first-order valence-corrected chi connectivity index (χ1v) is 6.95. The predicted molar refractivity (Wildman–Crippen MR) is 73.0 cm³/mol. The van der Waals surface area contributed by atoms with Crippen LogP contribution >= 0.6 is 22.9 Å². The molecule has 4 heteroatoms. The monoisotopic (exact) mass is 278 g/mol. The summed E-state index contributed by atoms with van der Waals surface area (Å²) >= 11 is 7.31. The van der Waals surface area contributed by atoms with Gasteiger partial charge in [-0.15, -0.1) is 11.3 Å². The summed E-state index contributed by atoms with van der Waals surface area (Å²) in [4.78, 5) is 13.1. The highest BCUT2D eigenvalue weighted by Crippen LogP contribution is 2.27. The van der Waals surface area contributed by atoms with Crippen molar-refractivity contribution in [2.45, 2.75) is 12.8 Å². The number of halogens is 1. The molecule has 0 amide bonds. The molecule has 1 aromatic carbocycles. The summed E-state index contributed by atoms with van der Waals surface area (Å²) < 4.78 is 6.15. The summed E-state index contributed by atoms with van der Waals surface area (Å²) in [7, 11) is 0. The van der Waals surface area contributed by atoms with Crippen LogP contribution in [0.4, 0.5) is 0 Å². The van der Waals surface area contributed by atoms with Crippen LogP contribution < -0.4 is 4.74 Å². The Kier molecular flexibility index (Phi) is 3.10. The molecular formula is C14H11ClO2S. The number of Topliss-reactive ketones (excluding diaryl/α,β-unsaturated/α-hetero) is 1. The summed E-state index contributed by atoms with van der Waals surface area (Å²) in [6.45, 7) is 0.716. The minimum absolute atomic E-state index is 0.128. The average molecular weight is 279 g/mol. The zero-order valence-corrected chi connectivity index (χ0v) is 11.2. The number of hydrogen-bond acceptors (Lipinski definition) is 3. The molecular weight excluding hydrogens is 268 g/mol. The van der Waals surface area contributed by atoms with Crippen LogP contribution in [-0.2, 0) is 12.8 Å². The quantitative estimate of drug-likeness (QED) is 0.799. The van der Waals surface area contributed by atoms with Gasteiger partial charge in [0.2, 0.25) is 0 Å². The third kappa shape index (κ3) is 2.28. The van der Waals surface area contributed by atoms with Crippen molar-refractivity contribution in [3.8, 4) is 5.75 Å². The zero-order chi connectivity index (χ0) is 12.5. The van der Waals surface area contributed by atoms with Gasteiger partial charge in [-0.2, -0.15) is 0 Å². The van der Waals surface area contributed by atoms with Gasteiger partial charge in [-0.1, -0.05) is 11.6 Å². The van der Waals surface area contributed by atoms with E-state index in [1.165, 1.54) is 11.3 Å². The lowest BCUT2D eigenvalue weighted by molar-refractivity contribution is 0.0994. The molecule has 0 spiro atoms. The summed E-state index contributed by atoms with van der Waals surface area (Å²) in [5.41, 5.74) is 1.88. The van der Waals surface area contributed by atoms with E-state index in [0.29, 0.717) is 13.0 Å². The van der Waals surface area contributed by atoms with E-state index in [9.17, 15) is 4.79 Å². The first-order valence-electron chi connectivity index (χ1n) is 5.75. The van der Waals surface area contributed by atoms with Crippen molar-refractivity contribution in [2.75, 3.05) is 6.61 Å². The summed E-state index contributed by atoms with van der Waals surface area (Å²) in [6.07, 6.45) is 1.30. The SMILES string of the molecule is O=C(Cc1ccc(Cl)s1)c1ccc2c(c1)CCO2. The molecule has 1 aliphatic rings. The highest BCUT2D eigenvalue weighted by Gasteiger charge is 2.15. The minimum atomic E-state index is 0.128. The molecule has 0 atom stereocenters. The van der Waals surface area contributed by atoms with Crippen LogP contribution in [0.25, 0.3) is 0 Å². The van der Waals surface area contributed by atoms with E-state index in [1.54, 1.807) is 0 Å². The Morgan fingerprint density at radius 3 is 3.00 bits per heavy atom. The van der Waals surface area contributed by atoms with E-state index in [1.807, 2.05) is 30.3 Å². The molecule has 1 aromatic heterocycles. The molecule has 1 aliphatic heterocycles. The van der Waals surface area contributed by atoms with Crippen LogP contribution in [0.15, 0.2) is 30.3 Å². The van der Waals surface area contributed by atoms with E-state index >= 15 is 0 Å². The van der Waals surface area contributed by atoms with Gasteiger partial charge in [0.1, 0.15) is 5.75 Å². The Hall–Kier alpha value is -1.32. The van der Waals surface area contributed by atoms with Gasteiger partial charge >= 0.3 is 0 Å². The second-order valence-electron chi connectivity index (χ2n) is 4.23. The van der Waals surface area contributed by atoms with Gasteiger partial charge in [-0.3, -0.25) is 4.79 Å². The number of carbonyl (C=O) groups is 1. The molecule has 0 bridgehead atoms. The van der Waals surface area contributed by atoms with Crippen molar-refractivity contribution < 1.29 is 9.53 Å². The van der Waals surface area contributed by atoms with Crippen LogP contribution in [0.3, 0.4) is 0 Å². The van der Waals surface area contributed by atoms with Crippen molar-refractivity contribution in [2.24, 2.45) is 0 Å². The molecule has 0 radical (unpaired) electrons. The molecule has 92 valence electrons. The average Bonchev–Trinajstić information content (AvgIpc) is 2.96. The van der Waals surface area contributed by atoms with Gasteiger partial charge < -0.3 is 4.74 Å². The lowest BCUT2D eigenvalue weighted by Crippen LogP contribution is -2.02. The number of rotatable bonds is 3. The molecule has 2 aromatic rings. The van der Waals surface area contributed by atoms with Crippen molar-refractivity contribution in [1.82, 2.24) is 0 Å². The fourth-order valence-electron chi connectivity index (χ4n) is 2.07. The highest BCUT2D eigenvalue weighted by molar-refractivity contribution is 7.16. The Morgan fingerprint density at radius 1 is 1.33 bits per heavy atom. The molecule has 2 nitrogen and oxygen atoms in total. The van der Waals surface area contributed by atoms with Gasteiger partial charge in [0.15, 0.2) is 5.78 Å². The highest BCUT2D eigenvalue weighted by atomic mass is 35.5. The molecule has 0 N–H and O–H groups in total. The number of ketones is 1. The smallest absolute Gasteiger partial charge is 0.168 e. The molecule has 0 aliphatic carbocycles. The van der Waals surface area contributed by atoms with Crippen LogP contribution in [0.1, 0.15) is 20.8 Å².